The van der Waals surface area contributed by atoms with Crippen molar-refractivity contribution in [1.29, 1.82) is 0 Å². The van der Waals surface area contributed by atoms with Crippen molar-refractivity contribution in [1.82, 2.24) is 20.9 Å². The molecule has 4 aliphatic rings. The van der Waals surface area contributed by atoms with Gasteiger partial charge in [0.2, 0.25) is 24.0 Å². The van der Waals surface area contributed by atoms with E-state index in [-0.39, 0.29) is 29.1 Å². The van der Waals surface area contributed by atoms with E-state index in [1.54, 1.807) is 6.92 Å². The van der Waals surface area contributed by atoms with Crippen molar-refractivity contribution in [2.75, 3.05) is 13.1 Å². The highest BCUT2D eigenvalue weighted by molar-refractivity contribution is 6.41. The van der Waals surface area contributed by atoms with E-state index in [0.29, 0.717) is 43.8 Å². The van der Waals surface area contributed by atoms with Gasteiger partial charge in [0.1, 0.15) is 17.6 Å². The van der Waals surface area contributed by atoms with Crippen LogP contribution in [0, 0.1) is 29.1 Å². The first-order valence-electron chi connectivity index (χ1n) is 12.3. The zero-order valence-corrected chi connectivity index (χ0v) is 20.5. The summed E-state index contributed by atoms with van der Waals surface area (Å²) in [4.78, 5) is 65.2. The van der Waals surface area contributed by atoms with Gasteiger partial charge in [-0.25, -0.2) is 0 Å². The normalized spacial score (nSPS) is 33.2. The molecule has 34 heavy (non-hydrogen) atoms. The number of carbonyl (C=O) groups is 5. The summed E-state index contributed by atoms with van der Waals surface area (Å²) in [7, 11) is 0. The van der Waals surface area contributed by atoms with Gasteiger partial charge >= 0.3 is 0 Å². The summed E-state index contributed by atoms with van der Waals surface area (Å²) in [5, 5.41) is 8.14. The Kier molecular flexibility index (Phi) is 6.10. The Bertz CT molecular complexity index is 942. The van der Waals surface area contributed by atoms with Crippen molar-refractivity contribution < 1.29 is 24.0 Å². The van der Waals surface area contributed by atoms with E-state index in [2.05, 4.69) is 36.4 Å². The summed E-state index contributed by atoms with van der Waals surface area (Å²) < 4.78 is 0. The lowest BCUT2D eigenvalue weighted by Gasteiger charge is -2.33. The molecule has 9 heteroatoms. The van der Waals surface area contributed by atoms with Gasteiger partial charge in [-0.3, -0.25) is 24.0 Å². The van der Waals surface area contributed by atoms with Crippen molar-refractivity contribution in [2.24, 2.45) is 29.1 Å². The number of fused-ring (bicyclic) bond motifs is 1. The molecule has 3 N–H and O–H groups in total. The average molecular weight is 473 g/mol. The van der Waals surface area contributed by atoms with E-state index < -0.39 is 35.2 Å². The highest BCUT2D eigenvalue weighted by atomic mass is 16.2. The largest absolute Gasteiger partial charge is 0.349 e. The summed E-state index contributed by atoms with van der Waals surface area (Å²) in [5.41, 5.74) is -0.842. The number of nitrogens with zero attached hydrogens (tertiary/aromatic N) is 1. The maximum Gasteiger partial charge on any atom is 0.289 e. The fourth-order valence-corrected chi connectivity index (χ4v) is 5.92. The molecule has 0 radical (unpaired) electrons. The van der Waals surface area contributed by atoms with Crippen LogP contribution >= 0.6 is 0 Å². The Labute approximate surface area is 200 Å². The Hall–Kier alpha value is -2.71. The molecule has 186 valence electrons. The molecule has 0 aromatic rings. The summed E-state index contributed by atoms with van der Waals surface area (Å²) in [6.07, 6.45) is 3.65. The quantitative estimate of drug-likeness (QED) is 0.230. The van der Waals surface area contributed by atoms with Crippen LogP contribution in [0.1, 0.15) is 53.4 Å². The molecule has 3 aliphatic carbocycles. The average Bonchev–Trinajstić information content (AvgIpc) is 3.73. The molecule has 6 atom stereocenters. The number of likely N-dealkylation sites (tertiary alicyclic amines) is 1. The third kappa shape index (κ3) is 4.03. The number of nitrogens with one attached hydrogen (secondary N) is 3. The zero-order chi connectivity index (χ0) is 25.0. The van der Waals surface area contributed by atoms with Crippen LogP contribution in [-0.2, 0) is 24.0 Å². The highest BCUT2D eigenvalue weighted by Crippen LogP contribution is 2.65. The Morgan fingerprint density at radius 1 is 1.21 bits per heavy atom. The summed E-state index contributed by atoms with van der Waals surface area (Å²) in [5.74, 6) is -1.59. The predicted octanol–water partition coefficient (Wildman–Crippen LogP) is 0.540. The lowest BCUT2D eigenvalue weighted by molar-refractivity contribution is -0.144. The molecule has 0 bridgehead atoms. The van der Waals surface area contributed by atoms with E-state index >= 15 is 0 Å². The molecule has 0 spiro atoms. The number of rotatable bonds is 11. The van der Waals surface area contributed by atoms with Crippen LogP contribution in [0.15, 0.2) is 12.2 Å². The van der Waals surface area contributed by atoms with Gasteiger partial charge in [-0.1, -0.05) is 33.8 Å². The van der Waals surface area contributed by atoms with Crippen LogP contribution in [0.4, 0.5) is 0 Å². The summed E-state index contributed by atoms with van der Waals surface area (Å²) in [6.45, 7) is 12.4. The Morgan fingerprint density at radius 2 is 1.88 bits per heavy atom. The standard InChI is InChI=1S/C25H36N4O5/c1-6-15-9-25(15,20(31)22(33)26-10-14-7-8-14)28-21(32)19-17-16(24(17,4)5)11-29(19)23(34)18(13(2)3)27-12-30/h12,14-19H,2,6-11H2,1,3-5H3,(H,26,33)(H,27,30)(H,28,32)/t15-,16-,17-,18-,19-,25+/m0/s1. The maximum atomic E-state index is 13.7. The first kappa shape index (κ1) is 24.4. The Morgan fingerprint density at radius 3 is 2.41 bits per heavy atom. The van der Waals surface area contributed by atoms with Gasteiger partial charge < -0.3 is 20.9 Å². The minimum absolute atomic E-state index is 0.0480. The van der Waals surface area contributed by atoms with Crippen LogP contribution in [-0.4, -0.2) is 65.5 Å². The number of amides is 4. The molecule has 3 saturated carbocycles. The molecule has 1 saturated heterocycles. The number of hydrogen-bond acceptors (Lipinski definition) is 5. The molecular weight excluding hydrogens is 436 g/mol. The molecule has 1 heterocycles. The van der Waals surface area contributed by atoms with Crippen molar-refractivity contribution in [3.8, 4) is 0 Å². The minimum Gasteiger partial charge on any atom is -0.349 e. The monoisotopic (exact) mass is 472 g/mol. The highest BCUT2D eigenvalue weighted by Gasteiger charge is 2.71. The van der Waals surface area contributed by atoms with Gasteiger partial charge in [-0.05, 0) is 60.8 Å². The number of Topliss-reactive ketones (excluding diaryl/α,β-unsaturated/α-hetero) is 1. The lowest BCUT2D eigenvalue weighted by Crippen LogP contribution is -2.59. The molecule has 4 fully saturated rings. The molecule has 9 nitrogen and oxygen atoms in total. The molecule has 0 aromatic heterocycles. The van der Waals surface area contributed by atoms with Crippen LogP contribution in [0.2, 0.25) is 0 Å². The second kappa shape index (κ2) is 8.50. The third-order valence-electron chi connectivity index (χ3n) is 8.54. The number of piperidine rings is 1. The van der Waals surface area contributed by atoms with Crippen LogP contribution in [0.5, 0.6) is 0 Å². The Balaban J connectivity index is 1.53. The van der Waals surface area contributed by atoms with E-state index in [1.165, 1.54) is 4.90 Å². The fraction of sp³-hybridized carbons (Fsp3) is 0.720. The first-order valence-corrected chi connectivity index (χ1v) is 12.3. The van der Waals surface area contributed by atoms with E-state index in [4.69, 9.17) is 0 Å². The van der Waals surface area contributed by atoms with Gasteiger partial charge in [-0.2, -0.15) is 0 Å². The van der Waals surface area contributed by atoms with Gasteiger partial charge in [0, 0.05) is 13.1 Å². The predicted molar refractivity (Wildman–Crippen MR) is 124 cm³/mol. The molecule has 0 aromatic carbocycles. The fourth-order valence-electron chi connectivity index (χ4n) is 5.92. The summed E-state index contributed by atoms with van der Waals surface area (Å²) >= 11 is 0. The van der Waals surface area contributed by atoms with Crippen molar-refractivity contribution >= 4 is 29.9 Å². The first-order chi connectivity index (χ1) is 16.0. The van der Waals surface area contributed by atoms with Crippen LogP contribution in [0.25, 0.3) is 0 Å². The van der Waals surface area contributed by atoms with Gasteiger partial charge in [0.15, 0.2) is 0 Å². The molecule has 4 amide bonds. The molecule has 1 aliphatic heterocycles. The van der Waals surface area contributed by atoms with Crippen molar-refractivity contribution in [3.05, 3.63) is 12.2 Å². The summed E-state index contributed by atoms with van der Waals surface area (Å²) in [6, 6.07) is -1.68. The van der Waals surface area contributed by atoms with E-state index in [1.807, 2.05) is 6.92 Å². The van der Waals surface area contributed by atoms with Crippen molar-refractivity contribution in [3.63, 3.8) is 0 Å². The SMILES string of the molecule is C=C(C)[C@H](NC=O)C(=O)N1C[C@H]2[C@@H]([C@H]1C(=O)N[C@]1(C(=O)C(=O)NCC3CC3)C[C@@H]1CC)C2(C)C. The minimum atomic E-state index is -1.21. The molecule has 4 rings (SSSR count). The maximum absolute atomic E-state index is 13.7. The van der Waals surface area contributed by atoms with E-state index in [9.17, 15) is 24.0 Å². The second-order valence-electron chi connectivity index (χ2n) is 11.2. The zero-order valence-electron chi connectivity index (χ0n) is 20.5. The van der Waals surface area contributed by atoms with Gasteiger partial charge in [0.25, 0.3) is 5.91 Å². The molecular formula is C25H36N4O5. The van der Waals surface area contributed by atoms with E-state index in [0.717, 1.165) is 12.8 Å². The number of ketones is 1. The second-order valence-corrected chi connectivity index (χ2v) is 11.2. The van der Waals surface area contributed by atoms with Crippen LogP contribution < -0.4 is 16.0 Å². The third-order valence-corrected chi connectivity index (χ3v) is 8.54. The number of carbonyl (C=O) groups excluding carboxylic acids is 5. The smallest absolute Gasteiger partial charge is 0.289 e. The van der Waals surface area contributed by atoms with Gasteiger partial charge in [0.05, 0.1) is 0 Å². The lowest BCUT2D eigenvalue weighted by atomic mass is 9.97. The van der Waals surface area contributed by atoms with Crippen molar-refractivity contribution in [2.45, 2.75) is 71.0 Å². The van der Waals surface area contributed by atoms with Gasteiger partial charge in [-0.15, -0.1) is 0 Å². The topological polar surface area (TPSA) is 125 Å². The number of hydrogen-bond donors (Lipinski definition) is 3. The van der Waals surface area contributed by atoms with Crippen LogP contribution in [0.3, 0.4) is 0 Å². The molecule has 0 unspecified atom stereocenters.